The van der Waals surface area contributed by atoms with E-state index in [4.69, 9.17) is 10.5 Å². The van der Waals surface area contributed by atoms with Gasteiger partial charge in [0.05, 0.1) is 7.11 Å². The van der Waals surface area contributed by atoms with E-state index in [0.717, 1.165) is 11.3 Å². The van der Waals surface area contributed by atoms with E-state index in [2.05, 4.69) is 19.9 Å². The van der Waals surface area contributed by atoms with E-state index in [1.54, 1.807) is 7.11 Å². The Hall–Kier alpha value is -1.28. The van der Waals surface area contributed by atoms with E-state index in [0.29, 0.717) is 6.54 Å². The number of benzene rings is 1. The van der Waals surface area contributed by atoms with Crippen molar-refractivity contribution in [1.29, 1.82) is 0 Å². The van der Waals surface area contributed by atoms with Gasteiger partial charge in [0, 0.05) is 6.54 Å². The second-order valence-electron chi connectivity index (χ2n) is 3.30. The first kappa shape index (κ1) is 10.8. The van der Waals surface area contributed by atoms with E-state index in [9.17, 15) is 0 Å². The SMILES string of the molecule is COc1cc(/C=C/CN)cc(C)c1C. The summed E-state index contributed by atoms with van der Waals surface area (Å²) in [6.07, 6.45) is 3.94. The van der Waals surface area contributed by atoms with Gasteiger partial charge in [0.25, 0.3) is 0 Å². The van der Waals surface area contributed by atoms with Gasteiger partial charge in [-0.1, -0.05) is 18.2 Å². The fourth-order valence-electron chi connectivity index (χ4n) is 1.37. The molecule has 0 aliphatic heterocycles. The van der Waals surface area contributed by atoms with Crippen LogP contribution in [0.5, 0.6) is 5.75 Å². The van der Waals surface area contributed by atoms with Crippen LogP contribution in [0.3, 0.4) is 0 Å². The highest BCUT2D eigenvalue weighted by molar-refractivity contribution is 5.56. The maximum Gasteiger partial charge on any atom is 0.122 e. The maximum absolute atomic E-state index is 5.40. The molecule has 0 bridgehead atoms. The minimum Gasteiger partial charge on any atom is -0.496 e. The van der Waals surface area contributed by atoms with Crippen LogP contribution in [0.15, 0.2) is 18.2 Å². The Bertz CT molecular complexity index is 342. The van der Waals surface area contributed by atoms with Gasteiger partial charge in [0.1, 0.15) is 5.75 Å². The Morgan fingerprint density at radius 3 is 2.64 bits per heavy atom. The predicted molar refractivity (Wildman–Crippen MR) is 60.6 cm³/mol. The second kappa shape index (κ2) is 4.82. The average Bonchev–Trinajstić information content (AvgIpc) is 2.19. The van der Waals surface area contributed by atoms with Crippen LogP contribution in [0.25, 0.3) is 6.08 Å². The Morgan fingerprint density at radius 1 is 1.36 bits per heavy atom. The normalized spacial score (nSPS) is 10.9. The molecule has 14 heavy (non-hydrogen) atoms. The zero-order valence-corrected chi connectivity index (χ0v) is 9.00. The van der Waals surface area contributed by atoms with Crippen molar-refractivity contribution in [2.45, 2.75) is 13.8 Å². The third-order valence-corrected chi connectivity index (χ3v) is 2.31. The first-order chi connectivity index (χ1) is 6.69. The molecule has 0 radical (unpaired) electrons. The van der Waals surface area contributed by atoms with Crippen LogP contribution in [0.1, 0.15) is 16.7 Å². The van der Waals surface area contributed by atoms with E-state index in [-0.39, 0.29) is 0 Å². The topological polar surface area (TPSA) is 35.2 Å². The average molecular weight is 191 g/mol. The lowest BCUT2D eigenvalue weighted by molar-refractivity contribution is 0.411. The lowest BCUT2D eigenvalue weighted by atomic mass is 10.0. The van der Waals surface area contributed by atoms with Gasteiger partial charge < -0.3 is 10.5 Å². The first-order valence-electron chi connectivity index (χ1n) is 4.71. The highest BCUT2D eigenvalue weighted by Gasteiger charge is 2.02. The number of ether oxygens (including phenoxy) is 1. The number of hydrogen-bond donors (Lipinski definition) is 1. The Labute approximate surface area is 85.4 Å². The summed E-state index contributed by atoms with van der Waals surface area (Å²) in [6.45, 7) is 4.71. The van der Waals surface area contributed by atoms with Crippen molar-refractivity contribution in [2.75, 3.05) is 13.7 Å². The van der Waals surface area contributed by atoms with Gasteiger partial charge in [0.2, 0.25) is 0 Å². The summed E-state index contributed by atoms with van der Waals surface area (Å²) in [7, 11) is 1.69. The molecule has 0 aliphatic carbocycles. The van der Waals surface area contributed by atoms with Crippen molar-refractivity contribution >= 4 is 6.08 Å². The van der Waals surface area contributed by atoms with Crippen molar-refractivity contribution in [2.24, 2.45) is 5.73 Å². The van der Waals surface area contributed by atoms with Crippen LogP contribution in [0.4, 0.5) is 0 Å². The Kier molecular flexibility index (Phi) is 3.72. The highest BCUT2D eigenvalue weighted by Crippen LogP contribution is 2.23. The molecule has 0 spiro atoms. The van der Waals surface area contributed by atoms with Gasteiger partial charge in [-0.3, -0.25) is 0 Å². The van der Waals surface area contributed by atoms with Gasteiger partial charge in [-0.2, -0.15) is 0 Å². The molecule has 0 unspecified atom stereocenters. The molecule has 0 fully saturated rings. The van der Waals surface area contributed by atoms with Crippen LogP contribution in [-0.2, 0) is 0 Å². The molecule has 0 amide bonds. The van der Waals surface area contributed by atoms with Crippen LogP contribution in [-0.4, -0.2) is 13.7 Å². The first-order valence-corrected chi connectivity index (χ1v) is 4.71. The third kappa shape index (κ3) is 2.36. The third-order valence-electron chi connectivity index (χ3n) is 2.31. The van der Waals surface area contributed by atoms with Crippen LogP contribution in [0.2, 0.25) is 0 Å². The molecule has 0 aliphatic rings. The zero-order valence-electron chi connectivity index (χ0n) is 9.00. The minimum absolute atomic E-state index is 0.565. The smallest absolute Gasteiger partial charge is 0.122 e. The number of hydrogen-bond acceptors (Lipinski definition) is 2. The van der Waals surface area contributed by atoms with Crippen LogP contribution >= 0.6 is 0 Å². The molecule has 2 nitrogen and oxygen atoms in total. The number of aryl methyl sites for hydroxylation is 1. The summed E-state index contributed by atoms with van der Waals surface area (Å²) in [5.74, 6) is 0.932. The number of methoxy groups -OCH3 is 1. The molecule has 1 aromatic rings. The summed E-state index contributed by atoms with van der Waals surface area (Å²) in [5, 5.41) is 0. The summed E-state index contributed by atoms with van der Waals surface area (Å²) in [6, 6.07) is 4.15. The van der Waals surface area contributed by atoms with Crippen LogP contribution < -0.4 is 10.5 Å². The summed E-state index contributed by atoms with van der Waals surface area (Å²) < 4.78 is 5.28. The monoisotopic (exact) mass is 191 g/mol. The standard InChI is InChI=1S/C12H17NO/c1-9-7-11(5-4-6-13)8-12(14-3)10(9)2/h4-5,7-8H,6,13H2,1-3H3/b5-4+. The molecule has 0 aromatic heterocycles. The van der Waals surface area contributed by atoms with Gasteiger partial charge in [-0.25, -0.2) is 0 Å². The molecule has 2 heteroatoms. The van der Waals surface area contributed by atoms with Gasteiger partial charge in [0.15, 0.2) is 0 Å². The molecule has 1 aromatic carbocycles. The van der Waals surface area contributed by atoms with Crippen molar-refractivity contribution in [1.82, 2.24) is 0 Å². The molecule has 2 N–H and O–H groups in total. The summed E-state index contributed by atoms with van der Waals surface area (Å²) in [4.78, 5) is 0. The lowest BCUT2D eigenvalue weighted by Crippen LogP contribution is -1.93. The van der Waals surface area contributed by atoms with E-state index < -0.39 is 0 Å². The van der Waals surface area contributed by atoms with Crippen molar-refractivity contribution in [3.8, 4) is 5.75 Å². The van der Waals surface area contributed by atoms with Gasteiger partial charge in [-0.15, -0.1) is 0 Å². The summed E-state index contributed by atoms with van der Waals surface area (Å²) in [5.41, 5.74) is 8.96. The van der Waals surface area contributed by atoms with Gasteiger partial charge in [-0.05, 0) is 36.6 Å². The van der Waals surface area contributed by atoms with Crippen LogP contribution in [0, 0.1) is 13.8 Å². The minimum atomic E-state index is 0.565. The Morgan fingerprint density at radius 2 is 2.07 bits per heavy atom. The zero-order chi connectivity index (χ0) is 10.6. The molecule has 1 rings (SSSR count). The molecule has 0 saturated heterocycles. The molecule has 76 valence electrons. The quantitative estimate of drug-likeness (QED) is 0.795. The maximum atomic E-state index is 5.40. The second-order valence-corrected chi connectivity index (χ2v) is 3.30. The van der Waals surface area contributed by atoms with E-state index in [1.165, 1.54) is 11.1 Å². The number of nitrogens with two attached hydrogens (primary N) is 1. The van der Waals surface area contributed by atoms with Crippen molar-refractivity contribution < 1.29 is 4.74 Å². The summed E-state index contributed by atoms with van der Waals surface area (Å²) >= 11 is 0. The highest BCUT2D eigenvalue weighted by atomic mass is 16.5. The Balaban J connectivity index is 3.09. The number of rotatable bonds is 3. The molecule has 0 atom stereocenters. The fourth-order valence-corrected chi connectivity index (χ4v) is 1.37. The lowest BCUT2D eigenvalue weighted by Gasteiger charge is -2.08. The molecule has 0 saturated carbocycles. The van der Waals surface area contributed by atoms with Crippen molar-refractivity contribution in [3.05, 3.63) is 34.9 Å². The molecular formula is C12H17NO. The van der Waals surface area contributed by atoms with E-state index >= 15 is 0 Å². The van der Waals surface area contributed by atoms with Gasteiger partial charge >= 0.3 is 0 Å². The molecular weight excluding hydrogens is 174 g/mol. The largest absolute Gasteiger partial charge is 0.496 e. The predicted octanol–water partition coefficient (Wildman–Crippen LogP) is 2.28. The van der Waals surface area contributed by atoms with E-state index in [1.807, 2.05) is 18.2 Å². The molecule has 0 heterocycles. The fraction of sp³-hybridized carbons (Fsp3) is 0.333. The van der Waals surface area contributed by atoms with Crippen molar-refractivity contribution in [3.63, 3.8) is 0 Å².